The third kappa shape index (κ3) is 9.99. The number of hydrogen-bond acceptors (Lipinski definition) is 2. The number of halogens is 1. The van der Waals surface area contributed by atoms with Gasteiger partial charge < -0.3 is 0 Å². The number of Topliss-reactive ketones (excluding diaryl/α,β-unsaturated/α-hetero) is 1. The molecule has 0 amide bonds. The Balaban J connectivity index is 0.000000934. The van der Waals surface area contributed by atoms with Crippen molar-refractivity contribution in [3.05, 3.63) is 106 Å². The summed E-state index contributed by atoms with van der Waals surface area (Å²) in [4.78, 5) is 17.9. The largest absolute Gasteiger partial charge is 0.294 e. The summed E-state index contributed by atoms with van der Waals surface area (Å²) < 4.78 is 13.4. The maximum atomic E-state index is 13.5. The Kier molecular flexibility index (Phi) is 12.0. The van der Waals surface area contributed by atoms with E-state index in [2.05, 4.69) is 109 Å². The number of benzene rings is 3. The van der Waals surface area contributed by atoms with E-state index >= 15 is 0 Å². The molecule has 43 heavy (non-hydrogen) atoms. The summed E-state index contributed by atoms with van der Waals surface area (Å²) in [6.07, 6.45) is 9.22. The van der Waals surface area contributed by atoms with Crippen molar-refractivity contribution in [3.63, 3.8) is 0 Å². The maximum absolute atomic E-state index is 13.5. The molecule has 2 unspecified atom stereocenters. The van der Waals surface area contributed by atoms with Gasteiger partial charge in [0.05, 0.1) is 6.54 Å². The fraction of sp³-hybridized carbons (Fsp3) is 0.400. The monoisotopic (exact) mass is 579 g/mol. The van der Waals surface area contributed by atoms with Gasteiger partial charge in [-0.05, 0) is 101 Å². The van der Waals surface area contributed by atoms with Gasteiger partial charge in [-0.2, -0.15) is 0 Å². The Bertz CT molecular complexity index is 1480. The summed E-state index contributed by atoms with van der Waals surface area (Å²) in [6, 6.07) is 19.7. The van der Waals surface area contributed by atoms with Crippen molar-refractivity contribution in [1.29, 1.82) is 0 Å². The van der Waals surface area contributed by atoms with Crippen LogP contribution in [0, 0.1) is 36.9 Å². The van der Waals surface area contributed by atoms with Crippen LogP contribution in [-0.2, 0) is 11.2 Å². The molecule has 3 aromatic rings. The number of aryl methyl sites for hydroxylation is 2. The Labute approximate surface area is 259 Å². The molecular weight excluding hydrogens is 529 g/mol. The Hall–Kier alpha value is -3.59. The SMILES string of the molecule is CC(C)(C)C.CCC/C=C\c1cc(-c2cc(CC(C)C(C)C(=O)C3=C(c4ccc(F)cc4)CN=C3)ccc2C)ccc1C. The zero-order valence-electron chi connectivity index (χ0n) is 27.7. The molecule has 0 saturated heterocycles. The highest BCUT2D eigenvalue weighted by Gasteiger charge is 2.27. The fourth-order valence-electron chi connectivity index (χ4n) is 5.03. The summed E-state index contributed by atoms with van der Waals surface area (Å²) in [5.41, 5.74) is 10.4. The number of nitrogens with zero attached hydrogens (tertiary/aromatic N) is 1. The van der Waals surface area contributed by atoms with E-state index in [-0.39, 0.29) is 23.4 Å². The predicted molar refractivity (Wildman–Crippen MR) is 184 cm³/mol. The van der Waals surface area contributed by atoms with Crippen molar-refractivity contribution in [3.8, 4) is 11.1 Å². The highest BCUT2D eigenvalue weighted by Crippen LogP contribution is 2.31. The van der Waals surface area contributed by atoms with Crippen LogP contribution in [-0.4, -0.2) is 18.5 Å². The molecule has 0 aliphatic carbocycles. The average Bonchev–Trinajstić information content (AvgIpc) is 3.44. The van der Waals surface area contributed by atoms with Crippen LogP contribution in [0.2, 0.25) is 0 Å². The fourth-order valence-corrected chi connectivity index (χ4v) is 5.03. The van der Waals surface area contributed by atoms with Gasteiger partial charge in [0.15, 0.2) is 5.78 Å². The van der Waals surface area contributed by atoms with E-state index in [4.69, 9.17) is 0 Å². The lowest BCUT2D eigenvalue weighted by molar-refractivity contribution is -0.119. The van der Waals surface area contributed by atoms with Crippen molar-refractivity contribution in [2.75, 3.05) is 6.54 Å². The first kappa shape index (κ1) is 33.9. The van der Waals surface area contributed by atoms with E-state index in [1.807, 2.05) is 6.92 Å². The highest BCUT2D eigenvalue weighted by atomic mass is 19.1. The molecule has 3 heteroatoms. The van der Waals surface area contributed by atoms with Gasteiger partial charge in [-0.25, -0.2) is 4.39 Å². The molecule has 0 radical (unpaired) electrons. The molecule has 0 fully saturated rings. The van der Waals surface area contributed by atoms with E-state index in [0.717, 1.165) is 30.4 Å². The minimum atomic E-state index is -0.282. The van der Waals surface area contributed by atoms with E-state index in [9.17, 15) is 9.18 Å². The van der Waals surface area contributed by atoms with Crippen molar-refractivity contribution in [1.82, 2.24) is 0 Å². The lowest BCUT2D eigenvalue weighted by atomic mass is 9.82. The van der Waals surface area contributed by atoms with Crippen LogP contribution in [0.4, 0.5) is 4.39 Å². The molecule has 0 bridgehead atoms. The molecule has 1 aliphatic rings. The topological polar surface area (TPSA) is 29.4 Å². The number of hydrogen-bond donors (Lipinski definition) is 0. The van der Waals surface area contributed by atoms with E-state index < -0.39 is 0 Å². The van der Waals surface area contributed by atoms with Gasteiger partial charge >= 0.3 is 0 Å². The van der Waals surface area contributed by atoms with Gasteiger partial charge in [-0.3, -0.25) is 9.79 Å². The standard InChI is InChI=1S/C35H38FNO.C5H12/c1-6-7-8-9-29-20-30(13-11-23(29)2)32-19-27(12-10-24(32)3)18-25(4)26(5)35(38)34-22-37-21-33(34)28-14-16-31(36)17-15-28;1-5(2,3)4/h8-17,19-20,22,25-26H,6-7,18,21H2,1-5H3;1-4H3/b9-8-;. The van der Waals surface area contributed by atoms with Crippen molar-refractivity contribution < 1.29 is 9.18 Å². The second kappa shape index (κ2) is 15.2. The first-order valence-electron chi connectivity index (χ1n) is 15.7. The first-order valence-corrected chi connectivity index (χ1v) is 15.7. The van der Waals surface area contributed by atoms with E-state index in [1.165, 1.54) is 45.5 Å². The summed E-state index contributed by atoms with van der Waals surface area (Å²) in [7, 11) is 0. The van der Waals surface area contributed by atoms with Crippen LogP contribution in [0.5, 0.6) is 0 Å². The van der Waals surface area contributed by atoms with Crippen LogP contribution in [0.15, 0.2) is 77.3 Å². The molecule has 3 aromatic carbocycles. The van der Waals surface area contributed by atoms with Crippen molar-refractivity contribution in [2.45, 2.75) is 81.6 Å². The van der Waals surface area contributed by atoms with Crippen LogP contribution >= 0.6 is 0 Å². The molecule has 0 N–H and O–H groups in total. The summed E-state index contributed by atoms with van der Waals surface area (Å²) >= 11 is 0. The normalized spacial score (nSPS) is 14.6. The third-order valence-electron chi connectivity index (χ3n) is 7.72. The molecular formula is C40H50FNO. The number of carbonyl (C=O) groups is 1. The van der Waals surface area contributed by atoms with Gasteiger partial charge in [0.2, 0.25) is 0 Å². The summed E-state index contributed by atoms with van der Waals surface area (Å²) in [5, 5.41) is 0. The van der Waals surface area contributed by atoms with Crippen LogP contribution < -0.4 is 0 Å². The minimum Gasteiger partial charge on any atom is -0.294 e. The smallest absolute Gasteiger partial charge is 0.167 e. The zero-order valence-corrected chi connectivity index (χ0v) is 27.7. The number of allylic oxidation sites excluding steroid dienone is 2. The Morgan fingerprint density at radius 1 is 0.930 bits per heavy atom. The molecule has 2 atom stereocenters. The summed E-state index contributed by atoms with van der Waals surface area (Å²) in [5.74, 6) is -0.188. The second-order valence-corrected chi connectivity index (χ2v) is 13.6. The Morgan fingerprint density at radius 3 is 2.21 bits per heavy atom. The minimum absolute atomic E-state index is 0.104. The lowest BCUT2D eigenvalue weighted by Crippen LogP contribution is -2.23. The van der Waals surface area contributed by atoms with Gasteiger partial charge in [0.25, 0.3) is 0 Å². The van der Waals surface area contributed by atoms with E-state index in [0.29, 0.717) is 17.5 Å². The number of unbranched alkanes of at least 4 members (excludes halogenated alkanes) is 1. The predicted octanol–water partition coefficient (Wildman–Crippen LogP) is 10.9. The van der Waals surface area contributed by atoms with Crippen LogP contribution in [0.25, 0.3) is 22.8 Å². The molecule has 228 valence electrons. The van der Waals surface area contributed by atoms with Gasteiger partial charge in [0, 0.05) is 17.7 Å². The number of ketones is 1. The molecule has 4 rings (SSSR count). The summed E-state index contributed by atoms with van der Waals surface area (Å²) in [6.45, 7) is 19.9. The second-order valence-electron chi connectivity index (χ2n) is 13.6. The number of aliphatic imine (C=N–C) groups is 1. The molecule has 1 heterocycles. The van der Waals surface area contributed by atoms with Crippen molar-refractivity contribution in [2.24, 2.45) is 22.2 Å². The van der Waals surface area contributed by atoms with Crippen LogP contribution in [0.1, 0.15) is 89.1 Å². The van der Waals surface area contributed by atoms with Crippen molar-refractivity contribution >= 4 is 23.6 Å². The molecule has 0 aromatic heterocycles. The molecule has 1 aliphatic heterocycles. The molecule has 0 saturated carbocycles. The number of carbonyl (C=O) groups excluding carboxylic acids is 1. The third-order valence-corrected chi connectivity index (χ3v) is 7.72. The van der Waals surface area contributed by atoms with Crippen LogP contribution in [0.3, 0.4) is 0 Å². The first-order chi connectivity index (χ1) is 20.3. The van der Waals surface area contributed by atoms with Gasteiger partial charge in [-0.15, -0.1) is 0 Å². The van der Waals surface area contributed by atoms with E-state index in [1.54, 1.807) is 18.3 Å². The Morgan fingerprint density at radius 2 is 1.56 bits per heavy atom. The van der Waals surface area contributed by atoms with Gasteiger partial charge in [-0.1, -0.05) is 110 Å². The quantitative estimate of drug-likeness (QED) is 0.235. The highest BCUT2D eigenvalue weighted by molar-refractivity contribution is 6.21. The molecule has 0 spiro atoms. The number of rotatable bonds is 10. The maximum Gasteiger partial charge on any atom is 0.167 e. The lowest BCUT2D eigenvalue weighted by Gasteiger charge is -2.20. The zero-order chi connectivity index (χ0) is 31.7. The van der Waals surface area contributed by atoms with Gasteiger partial charge in [0.1, 0.15) is 5.82 Å². The molecule has 2 nitrogen and oxygen atoms in total. The average molecular weight is 580 g/mol.